The summed E-state index contributed by atoms with van der Waals surface area (Å²) in [7, 11) is -3.70. The van der Waals surface area contributed by atoms with Crippen molar-refractivity contribution < 1.29 is 17.9 Å². The van der Waals surface area contributed by atoms with Crippen LogP contribution in [0.3, 0.4) is 0 Å². The van der Waals surface area contributed by atoms with Crippen LogP contribution >= 0.6 is 11.3 Å². The maximum absolute atomic E-state index is 13.4. The molecule has 10 heteroatoms. The fraction of sp³-hybridized carbons (Fsp3) is 0.565. The van der Waals surface area contributed by atoms with E-state index in [0.717, 1.165) is 63.0 Å². The molecule has 0 saturated carbocycles. The Kier molecular flexibility index (Phi) is 6.69. The maximum Gasteiger partial charge on any atom is 0.259 e. The summed E-state index contributed by atoms with van der Waals surface area (Å²) in [5.74, 6) is -0.305. The minimum absolute atomic E-state index is 0.147. The monoisotopic (exact) mass is 490 g/mol. The van der Waals surface area contributed by atoms with Crippen molar-refractivity contribution in [2.45, 2.75) is 49.8 Å². The number of benzene rings is 1. The normalized spacial score (nSPS) is 19.8. The lowest BCUT2D eigenvalue weighted by molar-refractivity contribution is 0.0730. The van der Waals surface area contributed by atoms with Gasteiger partial charge in [0.2, 0.25) is 10.0 Å². The van der Waals surface area contributed by atoms with Crippen molar-refractivity contribution in [2.75, 3.05) is 49.6 Å². The first kappa shape index (κ1) is 22.8. The average molecular weight is 491 g/mol. The molecule has 8 nitrogen and oxygen atoms in total. The number of hydrogen-bond donors (Lipinski definition) is 1. The summed E-state index contributed by atoms with van der Waals surface area (Å²) in [6.07, 6.45) is 7.55. The van der Waals surface area contributed by atoms with Crippen LogP contribution in [-0.4, -0.2) is 63.0 Å². The van der Waals surface area contributed by atoms with Gasteiger partial charge in [0.05, 0.1) is 29.4 Å². The van der Waals surface area contributed by atoms with Gasteiger partial charge in [-0.3, -0.25) is 10.1 Å². The number of fused-ring (bicyclic) bond motifs is 1. The molecule has 178 valence electrons. The van der Waals surface area contributed by atoms with E-state index in [2.05, 4.69) is 15.2 Å². The molecule has 33 heavy (non-hydrogen) atoms. The average Bonchev–Trinajstić information content (AvgIpc) is 3.27. The Morgan fingerprint density at radius 1 is 1.00 bits per heavy atom. The molecule has 0 bridgehead atoms. The van der Waals surface area contributed by atoms with Crippen molar-refractivity contribution in [3.05, 3.63) is 34.3 Å². The number of nitrogens with zero attached hydrogens (tertiary/aromatic N) is 3. The van der Waals surface area contributed by atoms with Crippen LogP contribution in [0.4, 0.5) is 10.8 Å². The number of hydrogen-bond acceptors (Lipinski definition) is 7. The lowest BCUT2D eigenvalue weighted by Crippen LogP contribution is -2.40. The second-order valence-electron chi connectivity index (χ2n) is 8.79. The Bertz CT molecular complexity index is 1100. The van der Waals surface area contributed by atoms with Crippen molar-refractivity contribution in [2.24, 2.45) is 0 Å². The van der Waals surface area contributed by atoms with E-state index in [4.69, 9.17) is 4.74 Å². The SMILES string of the molecule is O=C(Nc1nc2c(s1)CCCC2)c1cc(S(=O)(=O)N2CCOCC2)ccc1N1CCCCC1. The second kappa shape index (κ2) is 9.69. The number of carbonyl (C=O) groups excluding carboxylic acids is 1. The van der Waals surface area contributed by atoms with Crippen molar-refractivity contribution >= 4 is 38.1 Å². The smallest absolute Gasteiger partial charge is 0.259 e. The molecular formula is C23H30N4O4S2. The minimum Gasteiger partial charge on any atom is -0.379 e. The topological polar surface area (TPSA) is 91.8 Å². The van der Waals surface area contributed by atoms with E-state index in [1.807, 2.05) is 0 Å². The molecule has 3 heterocycles. The fourth-order valence-electron chi connectivity index (χ4n) is 4.77. The van der Waals surface area contributed by atoms with Gasteiger partial charge in [-0.05, 0) is 63.1 Å². The number of carbonyl (C=O) groups is 1. The Balaban J connectivity index is 1.47. The third-order valence-corrected chi connectivity index (χ3v) is 9.55. The van der Waals surface area contributed by atoms with Crippen molar-refractivity contribution in [3.8, 4) is 0 Å². The van der Waals surface area contributed by atoms with Gasteiger partial charge < -0.3 is 9.64 Å². The molecule has 2 aliphatic heterocycles. The highest BCUT2D eigenvalue weighted by atomic mass is 32.2. The number of amides is 1. The number of morpholine rings is 1. The van der Waals surface area contributed by atoms with Crippen LogP contribution in [-0.2, 0) is 27.6 Å². The number of thiazole rings is 1. The third-order valence-electron chi connectivity index (χ3n) is 6.58. The van der Waals surface area contributed by atoms with E-state index < -0.39 is 10.0 Å². The van der Waals surface area contributed by atoms with Gasteiger partial charge in [0, 0.05) is 36.7 Å². The van der Waals surface area contributed by atoms with Gasteiger partial charge in [0.15, 0.2) is 5.13 Å². The summed E-state index contributed by atoms with van der Waals surface area (Å²) in [6, 6.07) is 4.96. The van der Waals surface area contributed by atoms with Crippen LogP contribution in [0.25, 0.3) is 0 Å². The van der Waals surface area contributed by atoms with Gasteiger partial charge in [0.25, 0.3) is 5.91 Å². The zero-order valence-corrected chi connectivity index (χ0v) is 20.3. The molecule has 1 aromatic carbocycles. The first-order chi connectivity index (χ1) is 16.0. The van der Waals surface area contributed by atoms with Crippen LogP contribution in [0, 0.1) is 0 Å². The highest BCUT2D eigenvalue weighted by Gasteiger charge is 2.29. The molecule has 0 unspecified atom stereocenters. The van der Waals surface area contributed by atoms with E-state index in [9.17, 15) is 13.2 Å². The van der Waals surface area contributed by atoms with Crippen LogP contribution in [0.5, 0.6) is 0 Å². The summed E-state index contributed by atoms with van der Waals surface area (Å²) in [4.78, 5) is 21.7. The molecule has 0 radical (unpaired) electrons. The molecule has 1 N–H and O–H groups in total. The highest BCUT2D eigenvalue weighted by Crippen LogP contribution is 2.32. The predicted molar refractivity (Wildman–Crippen MR) is 129 cm³/mol. The van der Waals surface area contributed by atoms with Gasteiger partial charge >= 0.3 is 0 Å². The number of aromatic nitrogens is 1. The lowest BCUT2D eigenvalue weighted by Gasteiger charge is -2.31. The summed E-state index contributed by atoms with van der Waals surface area (Å²) in [5, 5.41) is 3.56. The number of ether oxygens (including phenoxy) is 1. The molecular weight excluding hydrogens is 460 g/mol. The Hall–Kier alpha value is -2.01. The zero-order valence-electron chi connectivity index (χ0n) is 18.7. The minimum atomic E-state index is -3.70. The number of piperidine rings is 1. The summed E-state index contributed by atoms with van der Waals surface area (Å²) < 4.78 is 33.3. The molecule has 0 atom stereocenters. The van der Waals surface area contributed by atoms with E-state index in [1.54, 1.807) is 12.1 Å². The standard InChI is InChI=1S/C23H30N4O4S2/c28-22(25-23-24-19-6-2-3-7-21(19)32-23)18-16-17(33(29,30)27-12-14-31-15-13-27)8-9-20(18)26-10-4-1-5-11-26/h8-9,16H,1-7,10-15H2,(H,24,25,28). The van der Waals surface area contributed by atoms with Crippen LogP contribution in [0.15, 0.2) is 23.1 Å². The van der Waals surface area contributed by atoms with Gasteiger partial charge in [-0.15, -0.1) is 11.3 Å². The number of anilines is 2. The predicted octanol–water partition coefficient (Wildman–Crippen LogP) is 3.29. The van der Waals surface area contributed by atoms with E-state index in [0.29, 0.717) is 37.0 Å². The first-order valence-corrected chi connectivity index (χ1v) is 14.0. The van der Waals surface area contributed by atoms with E-state index >= 15 is 0 Å². The Morgan fingerprint density at radius 3 is 2.52 bits per heavy atom. The molecule has 1 aromatic heterocycles. The zero-order chi connectivity index (χ0) is 22.8. The van der Waals surface area contributed by atoms with Crippen molar-refractivity contribution in [1.82, 2.24) is 9.29 Å². The molecule has 2 fully saturated rings. The van der Waals surface area contributed by atoms with E-state index in [1.165, 1.54) is 33.0 Å². The van der Waals surface area contributed by atoms with Gasteiger partial charge in [-0.2, -0.15) is 4.31 Å². The number of rotatable bonds is 5. The molecule has 5 rings (SSSR count). The van der Waals surface area contributed by atoms with Gasteiger partial charge in [-0.25, -0.2) is 13.4 Å². The van der Waals surface area contributed by atoms with Gasteiger partial charge in [-0.1, -0.05) is 0 Å². The highest BCUT2D eigenvalue weighted by molar-refractivity contribution is 7.89. The number of nitrogens with one attached hydrogen (secondary N) is 1. The van der Waals surface area contributed by atoms with E-state index in [-0.39, 0.29) is 10.8 Å². The van der Waals surface area contributed by atoms with Crippen molar-refractivity contribution in [3.63, 3.8) is 0 Å². The molecule has 1 aliphatic carbocycles. The van der Waals surface area contributed by atoms with Crippen LogP contribution in [0.1, 0.15) is 53.0 Å². The summed E-state index contributed by atoms with van der Waals surface area (Å²) in [5.41, 5.74) is 2.26. The summed E-state index contributed by atoms with van der Waals surface area (Å²) in [6.45, 7) is 3.13. The molecule has 3 aliphatic rings. The quantitative estimate of drug-likeness (QED) is 0.692. The third kappa shape index (κ3) is 4.80. The van der Waals surface area contributed by atoms with Crippen LogP contribution < -0.4 is 10.2 Å². The lowest BCUT2D eigenvalue weighted by atomic mass is 10.0. The van der Waals surface area contributed by atoms with Gasteiger partial charge in [0.1, 0.15) is 0 Å². The Labute approximate surface area is 199 Å². The summed E-state index contributed by atoms with van der Waals surface area (Å²) >= 11 is 1.54. The molecule has 2 aromatic rings. The number of aryl methyl sites for hydroxylation is 2. The number of sulfonamides is 1. The van der Waals surface area contributed by atoms with Crippen LogP contribution in [0.2, 0.25) is 0 Å². The Morgan fingerprint density at radius 2 is 1.76 bits per heavy atom. The molecule has 0 spiro atoms. The molecule has 1 amide bonds. The first-order valence-electron chi connectivity index (χ1n) is 11.8. The maximum atomic E-state index is 13.4. The fourth-order valence-corrected chi connectivity index (χ4v) is 7.25. The van der Waals surface area contributed by atoms with Crippen molar-refractivity contribution in [1.29, 1.82) is 0 Å². The second-order valence-corrected chi connectivity index (χ2v) is 11.8. The molecule has 2 saturated heterocycles. The largest absolute Gasteiger partial charge is 0.379 e.